The van der Waals surface area contributed by atoms with E-state index in [2.05, 4.69) is 61.0 Å². The Balaban J connectivity index is 0.986. The Labute approximate surface area is 361 Å². The first-order valence-electron chi connectivity index (χ1n) is 20.6. The molecular formula is C45H51Cl2N7O5S. The number of aromatic amines is 1. The van der Waals surface area contributed by atoms with Crippen molar-refractivity contribution >= 4 is 67.1 Å². The molecule has 4 N–H and O–H groups in total. The molecule has 2 aromatic heterocycles. The standard InChI is InChI=1S/C45H51Cl2N7O5S/c1-45(2)17-16-31(37(24-45)30-8-10-32(46)11-9-30)28-53-18-20-54(21-19-53)33-12-15-36(42(22-33)59-41-5-3-4-40-38(41)27-50-51-40)44(56)52-60(57,58)35-23-39(47)43(49-26-35)48-25-29-6-13-34(55)14-7-29/h3-5,8-12,15,22-23,26-27,29,34,55H,6-7,13-14,16-21,24-25,28H2,1-2H3,(H,48,49)(H,50,51)(H,52,56)/t29-,34-. The third kappa shape index (κ3) is 9.76. The lowest BCUT2D eigenvalue weighted by molar-refractivity contribution is 0.0979. The van der Waals surface area contributed by atoms with Crippen LogP contribution in [0.2, 0.25) is 10.0 Å². The number of fused-ring (bicyclic) bond motifs is 1. The lowest BCUT2D eigenvalue weighted by atomic mass is 9.72. The largest absolute Gasteiger partial charge is 0.456 e. The second-order valence-corrected chi connectivity index (χ2v) is 19.6. The summed E-state index contributed by atoms with van der Waals surface area (Å²) in [6.07, 6.45) is 9.09. The van der Waals surface area contributed by atoms with Crippen LogP contribution in [0.1, 0.15) is 74.7 Å². The third-order valence-electron chi connectivity index (χ3n) is 12.1. The average Bonchev–Trinajstić information content (AvgIpc) is 3.72. The van der Waals surface area contributed by atoms with Gasteiger partial charge in [-0.05, 0) is 110 Å². The number of carbonyl (C=O) groups excluding carboxylic acids is 1. The van der Waals surface area contributed by atoms with E-state index in [9.17, 15) is 18.3 Å². The van der Waals surface area contributed by atoms with E-state index in [0.29, 0.717) is 29.4 Å². The Morgan fingerprint density at radius 1 is 0.967 bits per heavy atom. The van der Waals surface area contributed by atoms with Crippen molar-refractivity contribution in [1.82, 2.24) is 24.8 Å². The summed E-state index contributed by atoms with van der Waals surface area (Å²) in [6, 6.07) is 20.2. The number of halogens is 2. The number of hydrogen-bond donors (Lipinski definition) is 4. The number of piperazine rings is 1. The van der Waals surface area contributed by atoms with Crippen molar-refractivity contribution in [3.05, 3.63) is 106 Å². The number of allylic oxidation sites excluding steroid dienone is 1. The second kappa shape index (κ2) is 17.7. The zero-order valence-electron chi connectivity index (χ0n) is 33.9. The maximum absolute atomic E-state index is 13.9. The molecule has 2 fully saturated rings. The highest BCUT2D eigenvalue weighted by molar-refractivity contribution is 7.90. The molecule has 0 radical (unpaired) electrons. The van der Waals surface area contributed by atoms with Crippen molar-refractivity contribution in [2.75, 3.05) is 49.5 Å². The minimum absolute atomic E-state index is 0.0401. The fourth-order valence-electron chi connectivity index (χ4n) is 8.55. The van der Waals surface area contributed by atoms with E-state index in [4.69, 9.17) is 27.9 Å². The summed E-state index contributed by atoms with van der Waals surface area (Å²) >= 11 is 12.7. The van der Waals surface area contributed by atoms with Crippen molar-refractivity contribution in [2.45, 2.75) is 69.8 Å². The molecule has 3 aromatic carbocycles. The third-order valence-corrected chi connectivity index (χ3v) is 14.0. The van der Waals surface area contributed by atoms with Crippen molar-refractivity contribution in [1.29, 1.82) is 0 Å². The highest BCUT2D eigenvalue weighted by Gasteiger charge is 2.30. The number of rotatable bonds is 12. The van der Waals surface area contributed by atoms with Crippen LogP contribution in [0.3, 0.4) is 0 Å². The van der Waals surface area contributed by atoms with Gasteiger partial charge in [0.2, 0.25) is 0 Å². The number of sulfonamides is 1. The number of H-pyrrole nitrogens is 1. The van der Waals surface area contributed by atoms with Gasteiger partial charge in [0.25, 0.3) is 15.9 Å². The number of aromatic nitrogens is 3. The lowest BCUT2D eigenvalue weighted by Gasteiger charge is -2.39. The van der Waals surface area contributed by atoms with Crippen molar-refractivity contribution in [3.8, 4) is 11.5 Å². The molecule has 0 spiro atoms. The van der Waals surface area contributed by atoms with Crippen molar-refractivity contribution < 1.29 is 23.1 Å². The van der Waals surface area contributed by atoms with Crippen molar-refractivity contribution in [3.63, 3.8) is 0 Å². The van der Waals surface area contributed by atoms with Gasteiger partial charge in [-0.25, -0.2) is 18.1 Å². The average molecular weight is 873 g/mol. The number of anilines is 2. The van der Waals surface area contributed by atoms with Crippen LogP contribution in [0.25, 0.3) is 16.5 Å². The van der Waals surface area contributed by atoms with Gasteiger partial charge in [-0.1, -0.05) is 60.8 Å². The van der Waals surface area contributed by atoms with E-state index >= 15 is 0 Å². The molecule has 0 bridgehead atoms. The number of amides is 1. The van der Waals surface area contributed by atoms with Gasteiger partial charge in [0.1, 0.15) is 22.2 Å². The number of benzene rings is 3. The van der Waals surface area contributed by atoms with Gasteiger partial charge in [-0.3, -0.25) is 14.8 Å². The van der Waals surface area contributed by atoms with E-state index in [1.807, 2.05) is 30.3 Å². The van der Waals surface area contributed by atoms with Crippen LogP contribution in [0, 0.1) is 11.3 Å². The number of nitrogens with zero attached hydrogens (tertiary/aromatic N) is 4. The van der Waals surface area contributed by atoms with Gasteiger partial charge in [0.15, 0.2) is 0 Å². The first-order chi connectivity index (χ1) is 28.8. The number of hydrogen-bond acceptors (Lipinski definition) is 10. The van der Waals surface area contributed by atoms with E-state index in [-0.39, 0.29) is 32.8 Å². The molecule has 1 saturated heterocycles. The van der Waals surface area contributed by atoms with E-state index in [1.165, 1.54) is 29.0 Å². The SMILES string of the molecule is CC1(C)CCC(CN2CCN(c3ccc(C(=O)NS(=O)(=O)c4cnc(NC[C@H]5CC[C@H](O)CC5)c(Cl)c4)c(Oc4cccc5[nH]ncc45)c3)CC2)=C(c2ccc(Cl)cc2)C1. The van der Waals surface area contributed by atoms with E-state index < -0.39 is 15.9 Å². The molecule has 1 amide bonds. The van der Waals surface area contributed by atoms with E-state index in [1.54, 1.807) is 24.4 Å². The molecule has 8 rings (SSSR count). The maximum Gasteiger partial charge on any atom is 0.268 e. The number of ether oxygens (including phenoxy) is 1. The molecular weight excluding hydrogens is 822 g/mol. The molecule has 0 unspecified atom stereocenters. The van der Waals surface area contributed by atoms with Crippen LogP contribution in [0.15, 0.2) is 89.6 Å². The summed E-state index contributed by atoms with van der Waals surface area (Å²) in [6.45, 7) is 9.41. The summed E-state index contributed by atoms with van der Waals surface area (Å²) in [5, 5.41) is 21.7. The Hall–Kier alpha value is -4.66. The first-order valence-corrected chi connectivity index (χ1v) is 22.9. The van der Waals surface area contributed by atoms with Crippen LogP contribution < -0.4 is 19.7 Å². The van der Waals surface area contributed by atoms with Crippen LogP contribution in [0.4, 0.5) is 11.5 Å². The van der Waals surface area contributed by atoms with Crippen molar-refractivity contribution in [2.24, 2.45) is 11.3 Å². The Bertz CT molecular complexity index is 2490. The minimum Gasteiger partial charge on any atom is -0.456 e. The molecule has 5 aromatic rings. The normalized spacial score (nSPS) is 20.0. The first kappa shape index (κ1) is 42.0. The van der Waals surface area contributed by atoms with Gasteiger partial charge in [0, 0.05) is 62.2 Å². The van der Waals surface area contributed by atoms with Gasteiger partial charge < -0.3 is 20.1 Å². The second-order valence-electron chi connectivity index (χ2n) is 17.1. The quantitative estimate of drug-likeness (QED) is 0.0957. The van der Waals surface area contributed by atoms with Gasteiger partial charge in [0.05, 0.1) is 33.8 Å². The molecule has 15 heteroatoms. The van der Waals surface area contributed by atoms with Gasteiger partial charge in [-0.2, -0.15) is 5.10 Å². The number of nitrogens with one attached hydrogen (secondary N) is 3. The van der Waals surface area contributed by atoms with E-state index in [0.717, 1.165) is 93.9 Å². The molecule has 1 saturated carbocycles. The highest BCUT2D eigenvalue weighted by Crippen LogP contribution is 2.43. The minimum atomic E-state index is -4.38. The van der Waals surface area contributed by atoms with Crippen LogP contribution >= 0.6 is 23.2 Å². The predicted molar refractivity (Wildman–Crippen MR) is 238 cm³/mol. The topological polar surface area (TPSA) is 153 Å². The molecule has 60 heavy (non-hydrogen) atoms. The van der Waals surface area contributed by atoms with Gasteiger partial charge in [-0.15, -0.1) is 0 Å². The van der Waals surface area contributed by atoms with Crippen LogP contribution in [-0.2, 0) is 10.0 Å². The number of carbonyl (C=O) groups is 1. The summed E-state index contributed by atoms with van der Waals surface area (Å²) in [7, 11) is -4.38. The fourth-order valence-corrected chi connectivity index (χ4v) is 9.91. The molecule has 12 nitrogen and oxygen atoms in total. The Morgan fingerprint density at radius 3 is 2.48 bits per heavy atom. The summed E-state index contributed by atoms with van der Waals surface area (Å²) < 4.78 is 35.9. The molecule has 3 aliphatic rings. The summed E-state index contributed by atoms with van der Waals surface area (Å²) in [5.41, 5.74) is 6.05. The number of pyridine rings is 1. The summed E-state index contributed by atoms with van der Waals surface area (Å²) in [4.78, 5) is 22.7. The molecule has 0 atom stereocenters. The fraction of sp³-hybridized carbons (Fsp3) is 0.400. The predicted octanol–water partition coefficient (Wildman–Crippen LogP) is 8.92. The number of aliphatic hydroxyl groups is 1. The lowest BCUT2D eigenvalue weighted by Crippen LogP contribution is -2.47. The summed E-state index contributed by atoms with van der Waals surface area (Å²) in [5.74, 6) is 0.507. The van der Waals surface area contributed by atoms with Crippen LogP contribution in [0.5, 0.6) is 11.5 Å². The zero-order chi connectivity index (χ0) is 42.0. The molecule has 3 heterocycles. The smallest absolute Gasteiger partial charge is 0.268 e. The highest BCUT2D eigenvalue weighted by atomic mass is 35.5. The number of aliphatic hydroxyl groups excluding tert-OH is 1. The Morgan fingerprint density at radius 2 is 1.73 bits per heavy atom. The Kier molecular flexibility index (Phi) is 12.4. The molecule has 2 aliphatic carbocycles. The van der Waals surface area contributed by atoms with Gasteiger partial charge >= 0.3 is 0 Å². The monoisotopic (exact) mass is 871 g/mol. The zero-order valence-corrected chi connectivity index (χ0v) is 36.2. The van der Waals surface area contributed by atoms with Crippen LogP contribution in [-0.4, -0.2) is 84.9 Å². The maximum atomic E-state index is 13.9. The molecule has 316 valence electrons. The molecule has 1 aliphatic heterocycles.